The van der Waals surface area contributed by atoms with Crippen molar-refractivity contribution < 1.29 is 0 Å². The average Bonchev–Trinajstić information content (AvgIpc) is 2.62. The monoisotopic (exact) mass is 281 g/mol. The molecule has 5 heteroatoms. The number of nitrogens with zero attached hydrogens (tertiary/aromatic N) is 1. The van der Waals surface area contributed by atoms with Crippen LogP contribution in [-0.4, -0.2) is 10.2 Å². The van der Waals surface area contributed by atoms with Crippen LogP contribution in [0.4, 0.5) is 5.82 Å². The van der Waals surface area contributed by atoms with Crippen LogP contribution in [0, 0.1) is 0 Å². The van der Waals surface area contributed by atoms with Crippen molar-refractivity contribution in [2.45, 2.75) is 25.2 Å². The highest BCUT2D eigenvalue weighted by molar-refractivity contribution is 6.42. The van der Waals surface area contributed by atoms with Crippen LogP contribution >= 0.6 is 23.2 Å². The first-order valence-corrected chi connectivity index (χ1v) is 6.71. The molecule has 94 valence electrons. The first-order valence-electron chi connectivity index (χ1n) is 5.96. The molecule has 3 nitrogen and oxygen atoms in total. The number of nitrogens with two attached hydrogens (primary N) is 1. The van der Waals surface area contributed by atoms with Gasteiger partial charge in [-0.2, -0.15) is 5.10 Å². The van der Waals surface area contributed by atoms with Gasteiger partial charge >= 0.3 is 0 Å². The summed E-state index contributed by atoms with van der Waals surface area (Å²) in [5.41, 5.74) is 9.02. The zero-order chi connectivity index (χ0) is 12.7. The fourth-order valence-corrected chi connectivity index (χ4v) is 2.62. The summed E-state index contributed by atoms with van der Waals surface area (Å²) in [5, 5.41) is 8.27. The Kier molecular flexibility index (Phi) is 2.96. The minimum Gasteiger partial charge on any atom is -0.382 e. The maximum Gasteiger partial charge on any atom is 0.153 e. The van der Waals surface area contributed by atoms with Crippen LogP contribution < -0.4 is 5.73 Å². The third-order valence-electron chi connectivity index (χ3n) is 3.54. The Balaban J connectivity index is 2.09. The minimum atomic E-state index is 0.523. The molecule has 0 atom stereocenters. The molecule has 0 unspecified atom stereocenters. The molecule has 0 radical (unpaired) electrons. The number of aromatic amines is 1. The van der Waals surface area contributed by atoms with E-state index in [-0.39, 0.29) is 0 Å². The van der Waals surface area contributed by atoms with E-state index >= 15 is 0 Å². The van der Waals surface area contributed by atoms with Crippen molar-refractivity contribution in [2.24, 2.45) is 0 Å². The van der Waals surface area contributed by atoms with Gasteiger partial charge < -0.3 is 5.73 Å². The van der Waals surface area contributed by atoms with E-state index in [0.29, 0.717) is 21.8 Å². The first kappa shape index (κ1) is 11.9. The van der Waals surface area contributed by atoms with E-state index in [9.17, 15) is 0 Å². The van der Waals surface area contributed by atoms with Gasteiger partial charge in [-0.15, -0.1) is 0 Å². The standard InChI is InChI=1S/C13H13Cl2N3/c14-9-5-4-8(6-10(9)15)11-12(7-2-1-3-7)17-18-13(11)16/h4-7H,1-3H2,(H3,16,17,18). The van der Waals surface area contributed by atoms with Crippen LogP contribution in [0.3, 0.4) is 0 Å². The van der Waals surface area contributed by atoms with Crippen LogP contribution in [0.2, 0.25) is 10.0 Å². The van der Waals surface area contributed by atoms with Gasteiger partial charge in [0.2, 0.25) is 0 Å². The molecule has 0 aliphatic heterocycles. The van der Waals surface area contributed by atoms with Crippen molar-refractivity contribution in [3.63, 3.8) is 0 Å². The lowest BCUT2D eigenvalue weighted by molar-refractivity contribution is 0.411. The predicted octanol–water partition coefficient (Wildman–Crippen LogP) is 4.23. The van der Waals surface area contributed by atoms with Crippen molar-refractivity contribution in [3.05, 3.63) is 33.9 Å². The smallest absolute Gasteiger partial charge is 0.153 e. The molecule has 3 rings (SSSR count). The summed E-state index contributed by atoms with van der Waals surface area (Å²) in [6.45, 7) is 0. The molecule has 1 saturated carbocycles. The molecular formula is C13H13Cl2N3. The first-order chi connectivity index (χ1) is 8.66. The Morgan fingerprint density at radius 1 is 1.22 bits per heavy atom. The lowest BCUT2D eigenvalue weighted by atomic mass is 9.80. The highest BCUT2D eigenvalue weighted by Crippen LogP contribution is 2.42. The number of H-pyrrole nitrogens is 1. The Bertz CT molecular complexity index is 588. The van der Waals surface area contributed by atoms with Gasteiger partial charge in [0.15, 0.2) is 5.82 Å². The third-order valence-corrected chi connectivity index (χ3v) is 4.28. The molecule has 1 aliphatic carbocycles. The van der Waals surface area contributed by atoms with Crippen LogP contribution in [-0.2, 0) is 0 Å². The Labute approximate surface area is 115 Å². The zero-order valence-electron chi connectivity index (χ0n) is 9.71. The van der Waals surface area contributed by atoms with Gasteiger partial charge in [-0.1, -0.05) is 35.7 Å². The molecule has 1 fully saturated rings. The van der Waals surface area contributed by atoms with E-state index in [0.717, 1.165) is 16.8 Å². The second-order valence-corrected chi connectivity index (χ2v) is 5.47. The summed E-state index contributed by atoms with van der Waals surface area (Å²) < 4.78 is 0. The number of nitrogen functional groups attached to an aromatic ring is 1. The maximum atomic E-state index is 6.06. The summed E-state index contributed by atoms with van der Waals surface area (Å²) in [6, 6.07) is 5.56. The summed E-state index contributed by atoms with van der Waals surface area (Å²) in [4.78, 5) is 0. The van der Waals surface area contributed by atoms with Gasteiger partial charge in [0, 0.05) is 17.2 Å². The lowest BCUT2D eigenvalue weighted by Crippen LogP contribution is -2.10. The Morgan fingerprint density at radius 3 is 2.61 bits per heavy atom. The molecule has 1 aromatic carbocycles. The van der Waals surface area contributed by atoms with E-state index < -0.39 is 0 Å². The van der Waals surface area contributed by atoms with Gasteiger partial charge in [-0.25, -0.2) is 0 Å². The van der Waals surface area contributed by atoms with Crippen molar-refractivity contribution in [1.82, 2.24) is 10.2 Å². The van der Waals surface area contributed by atoms with Crippen LogP contribution in [0.15, 0.2) is 18.2 Å². The topological polar surface area (TPSA) is 54.7 Å². The zero-order valence-corrected chi connectivity index (χ0v) is 11.2. The van der Waals surface area contributed by atoms with Crippen LogP contribution in [0.5, 0.6) is 0 Å². The van der Waals surface area contributed by atoms with Gasteiger partial charge in [0.1, 0.15) is 0 Å². The molecule has 2 aromatic rings. The second-order valence-electron chi connectivity index (χ2n) is 4.65. The lowest BCUT2D eigenvalue weighted by Gasteiger charge is -2.25. The van der Waals surface area contributed by atoms with Gasteiger partial charge in [0.05, 0.1) is 10.0 Å². The summed E-state index contributed by atoms with van der Waals surface area (Å²) in [6.07, 6.45) is 3.65. The number of halogens is 2. The van der Waals surface area contributed by atoms with Crippen molar-refractivity contribution >= 4 is 29.0 Å². The quantitative estimate of drug-likeness (QED) is 0.865. The van der Waals surface area contributed by atoms with E-state index in [2.05, 4.69) is 10.2 Å². The molecule has 0 saturated heterocycles. The fourth-order valence-electron chi connectivity index (χ4n) is 2.32. The highest BCUT2D eigenvalue weighted by Gasteiger charge is 2.26. The summed E-state index contributed by atoms with van der Waals surface area (Å²) in [5.74, 6) is 1.06. The molecule has 3 N–H and O–H groups in total. The number of anilines is 1. The van der Waals surface area contributed by atoms with Crippen LogP contribution in [0.1, 0.15) is 30.9 Å². The Hall–Kier alpha value is -1.19. The second kappa shape index (κ2) is 4.48. The molecule has 18 heavy (non-hydrogen) atoms. The summed E-state index contributed by atoms with van der Waals surface area (Å²) in [7, 11) is 0. The molecule has 1 heterocycles. The molecule has 0 amide bonds. The Morgan fingerprint density at radius 2 is 2.00 bits per heavy atom. The molecule has 1 aromatic heterocycles. The third kappa shape index (κ3) is 1.88. The number of benzene rings is 1. The van der Waals surface area contributed by atoms with E-state index in [1.165, 1.54) is 19.3 Å². The van der Waals surface area contributed by atoms with Crippen molar-refractivity contribution in [2.75, 3.05) is 5.73 Å². The SMILES string of the molecule is Nc1n[nH]c(C2CCC2)c1-c1ccc(Cl)c(Cl)c1. The van der Waals surface area contributed by atoms with Crippen molar-refractivity contribution in [3.8, 4) is 11.1 Å². The van der Waals surface area contributed by atoms with Crippen molar-refractivity contribution in [1.29, 1.82) is 0 Å². The average molecular weight is 282 g/mol. The minimum absolute atomic E-state index is 0.523. The number of hydrogen-bond donors (Lipinski definition) is 2. The predicted molar refractivity (Wildman–Crippen MR) is 75.0 cm³/mol. The molecule has 0 bridgehead atoms. The number of nitrogens with one attached hydrogen (secondary N) is 1. The van der Waals surface area contributed by atoms with Gasteiger partial charge in [-0.3, -0.25) is 5.10 Å². The van der Waals surface area contributed by atoms with E-state index in [4.69, 9.17) is 28.9 Å². The maximum absolute atomic E-state index is 6.06. The molecular weight excluding hydrogens is 269 g/mol. The number of hydrogen-bond acceptors (Lipinski definition) is 2. The molecule has 0 spiro atoms. The summed E-state index contributed by atoms with van der Waals surface area (Å²) >= 11 is 12.0. The normalized spacial score (nSPS) is 15.7. The van der Waals surface area contributed by atoms with Gasteiger partial charge in [0.25, 0.3) is 0 Å². The van der Waals surface area contributed by atoms with E-state index in [1.807, 2.05) is 12.1 Å². The van der Waals surface area contributed by atoms with Gasteiger partial charge in [-0.05, 0) is 30.5 Å². The largest absolute Gasteiger partial charge is 0.382 e. The van der Waals surface area contributed by atoms with Crippen LogP contribution in [0.25, 0.3) is 11.1 Å². The number of rotatable bonds is 2. The fraction of sp³-hybridized carbons (Fsp3) is 0.308. The van der Waals surface area contributed by atoms with E-state index in [1.54, 1.807) is 6.07 Å². The number of aromatic nitrogens is 2. The molecule has 1 aliphatic rings. The highest BCUT2D eigenvalue weighted by atomic mass is 35.5.